The molecule has 39 heavy (non-hydrogen) atoms. The zero-order valence-corrected chi connectivity index (χ0v) is 24.4. The number of anilines is 1. The highest BCUT2D eigenvalue weighted by molar-refractivity contribution is 6.71. The molecule has 0 bridgehead atoms. The number of aliphatic hydroxyl groups excluding tert-OH is 1. The summed E-state index contributed by atoms with van der Waals surface area (Å²) in [4.78, 5) is 40.3. The highest BCUT2D eigenvalue weighted by atomic mass is 28.4. The summed E-state index contributed by atoms with van der Waals surface area (Å²) in [5, 5.41) is 12.7. The Labute approximate surface area is 233 Å². The SMILES string of the molecule is C[C@@H]1[C@@H]([Si](C)(C)O)[C@H](CC(=O)N(CCO)Cc2ccccc2)O[C@@H]1CCc1ccc(N2CCNCC2=O)cc1. The molecule has 212 valence electrons. The zero-order chi connectivity index (χ0) is 28.0. The Kier molecular flexibility index (Phi) is 9.95. The third kappa shape index (κ3) is 7.55. The van der Waals surface area contributed by atoms with Crippen molar-refractivity contribution in [2.45, 2.75) is 63.6 Å². The van der Waals surface area contributed by atoms with Crippen LogP contribution in [-0.4, -0.2) is 79.9 Å². The van der Waals surface area contributed by atoms with Gasteiger partial charge in [0, 0.05) is 37.4 Å². The van der Waals surface area contributed by atoms with Gasteiger partial charge in [0.15, 0.2) is 8.32 Å². The minimum atomic E-state index is -2.62. The van der Waals surface area contributed by atoms with Gasteiger partial charge in [-0.25, -0.2) is 0 Å². The number of aliphatic hydroxyl groups is 1. The van der Waals surface area contributed by atoms with E-state index in [0.717, 1.165) is 30.6 Å². The number of amides is 2. The van der Waals surface area contributed by atoms with Crippen LogP contribution in [0.5, 0.6) is 0 Å². The van der Waals surface area contributed by atoms with Gasteiger partial charge in [-0.05, 0) is 55.1 Å². The van der Waals surface area contributed by atoms with Crippen LogP contribution in [0, 0.1) is 5.92 Å². The van der Waals surface area contributed by atoms with Crippen LogP contribution in [0.4, 0.5) is 5.69 Å². The zero-order valence-electron chi connectivity index (χ0n) is 23.4. The van der Waals surface area contributed by atoms with Crippen LogP contribution >= 0.6 is 0 Å². The number of piperazine rings is 1. The Hall–Kier alpha value is -2.56. The van der Waals surface area contributed by atoms with Crippen molar-refractivity contribution in [1.29, 1.82) is 0 Å². The summed E-state index contributed by atoms with van der Waals surface area (Å²) in [5.74, 6) is 0.158. The molecule has 2 aliphatic heterocycles. The van der Waals surface area contributed by atoms with Crippen LogP contribution in [0.15, 0.2) is 54.6 Å². The van der Waals surface area contributed by atoms with E-state index in [1.807, 2.05) is 60.5 Å². The maximum absolute atomic E-state index is 13.4. The number of hydrogen-bond donors (Lipinski definition) is 3. The molecule has 0 spiro atoms. The van der Waals surface area contributed by atoms with Gasteiger partial charge in [-0.3, -0.25) is 9.59 Å². The quantitative estimate of drug-likeness (QED) is 0.370. The molecule has 0 aliphatic carbocycles. The third-order valence-corrected chi connectivity index (χ3v) is 10.6. The molecule has 4 atom stereocenters. The number of hydrogen-bond acceptors (Lipinski definition) is 6. The van der Waals surface area contributed by atoms with E-state index < -0.39 is 8.32 Å². The molecule has 0 aromatic heterocycles. The van der Waals surface area contributed by atoms with Gasteiger partial charge in [-0.15, -0.1) is 0 Å². The standard InChI is InChI=1S/C30H43N3O5Si/c1-22-26(14-11-23-9-12-25(13-10-23)33-16-15-31-20-29(33)36)38-27(30(22)39(2,3)37)19-28(35)32(17-18-34)21-24-7-5-4-6-8-24/h4-10,12-13,22,26-27,30-31,34,37H,11,14-21H2,1-3H3/t22-,26+,27-,30+/m0/s1. The van der Waals surface area contributed by atoms with Gasteiger partial charge in [0.1, 0.15) is 0 Å². The summed E-state index contributed by atoms with van der Waals surface area (Å²) in [5.41, 5.74) is 3.05. The van der Waals surface area contributed by atoms with Crippen LogP contribution in [0.2, 0.25) is 18.6 Å². The van der Waals surface area contributed by atoms with E-state index >= 15 is 0 Å². The van der Waals surface area contributed by atoms with E-state index in [-0.39, 0.29) is 55.1 Å². The lowest BCUT2D eigenvalue weighted by Crippen LogP contribution is -2.48. The lowest BCUT2D eigenvalue weighted by molar-refractivity contribution is -0.135. The maximum atomic E-state index is 13.4. The molecule has 2 amide bonds. The van der Waals surface area contributed by atoms with Gasteiger partial charge < -0.3 is 29.8 Å². The molecule has 2 heterocycles. The van der Waals surface area contributed by atoms with Gasteiger partial charge in [-0.1, -0.05) is 49.4 Å². The lowest BCUT2D eigenvalue weighted by Gasteiger charge is -2.31. The average Bonchev–Trinajstić information content (AvgIpc) is 3.23. The largest absolute Gasteiger partial charge is 0.432 e. The highest BCUT2D eigenvalue weighted by Crippen LogP contribution is 2.45. The van der Waals surface area contributed by atoms with Crippen molar-refractivity contribution in [3.8, 4) is 0 Å². The lowest BCUT2D eigenvalue weighted by atomic mass is 9.95. The Morgan fingerprint density at radius 1 is 1.10 bits per heavy atom. The predicted octanol–water partition coefficient (Wildman–Crippen LogP) is 2.94. The molecule has 4 rings (SSSR count). The number of rotatable bonds is 11. The summed E-state index contributed by atoms with van der Waals surface area (Å²) in [6.07, 6.45) is 1.41. The van der Waals surface area contributed by atoms with Crippen LogP contribution < -0.4 is 10.2 Å². The molecule has 0 unspecified atom stereocenters. The Morgan fingerprint density at radius 3 is 2.46 bits per heavy atom. The van der Waals surface area contributed by atoms with Crippen LogP contribution in [0.3, 0.4) is 0 Å². The minimum Gasteiger partial charge on any atom is -0.432 e. The fourth-order valence-corrected chi connectivity index (χ4v) is 8.76. The van der Waals surface area contributed by atoms with E-state index in [4.69, 9.17) is 4.74 Å². The first-order valence-electron chi connectivity index (χ1n) is 14.1. The number of nitrogens with one attached hydrogen (secondary N) is 1. The topological polar surface area (TPSA) is 102 Å². The smallest absolute Gasteiger partial charge is 0.240 e. The van der Waals surface area contributed by atoms with Crippen molar-refractivity contribution in [2.75, 3.05) is 37.7 Å². The number of nitrogens with zero attached hydrogens (tertiary/aromatic N) is 2. The molecule has 9 heteroatoms. The average molecular weight is 554 g/mol. The van der Waals surface area contributed by atoms with Crippen molar-refractivity contribution in [2.24, 2.45) is 5.92 Å². The highest BCUT2D eigenvalue weighted by Gasteiger charge is 2.50. The number of carbonyl (C=O) groups excluding carboxylic acids is 2. The van der Waals surface area contributed by atoms with Gasteiger partial charge in [0.2, 0.25) is 11.8 Å². The van der Waals surface area contributed by atoms with E-state index in [9.17, 15) is 19.5 Å². The second-order valence-corrected chi connectivity index (χ2v) is 15.4. The molecular weight excluding hydrogens is 510 g/mol. The van der Waals surface area contributed by atoms with E-state index in [1.165, 1.54) is 5.56 Å². The molecule has 2 saturated heterocycles. The molecule has 3 N–H and O–H groups in total. The van der Waals surface area contributed by atoms with Gasteiger partial charge in [0.25, 0.3) is 0 Å². The number of carbonyl (C=O) groups is 2. The molecule has 8 nitrogen and oxygen atoms in total. The van der Waals surface area contributed by atoms with Crippen molar-refractivity contribution in [1.82, 2.24) is 10.2 Å². The molecule has 0 saturated carbocycles. The van der Waals surface area contributed by atoms with Crippen molar-refractivity contribution >= 4 is 25.8 Å². The first kappa shape index (κ1) is 29.4. The minimum absolute atomic E-state index is 0.0541. The summed E-state index contributed by atoms with van der Waals surface area (Å²) < 4.78 is 6.52. The first-order chi connectivity index (χ1) is 18.7. The molecule has 2 aliphatic rings. The Morgan fingerprint density at radius 2 is 1.82 bits per heavy atom. The monoisotopic (exact) mass is 553 g/mol. The van der Waals surface area contributed by atoms with Crippen molar-refractivity contribution in [3.05, 3.63) is 65.7 Å². The van der Waals surface area contributed by atoms with Crippen LogP contribution in [-0.2, 0) is 27.3 Å². The number of benzene rings is 2. The summed E-state index contributed by atoms with van der Waals surface area (Å²) in [7, 11) is -2.62. The summed E-state index contributed by atoms with van der Waals surface area (Å²) in [6.45, 7) is 8.45. The van der Waals surface area contributed by atoms with Crippen molar-refractivity contribution in [3.63, 3.8) is 0 Å². The third-order valence-electron chi connectivity index (χ3n) is 8.09. The van der Waals surface area contributed by atoms with Crippen molar-refractivity contribution < 1.29 is 24.2 Å². The molecule has 2 aromatic carbocycles. The maximum Gasteiger partial charge on any atom is 0.240 e. The number of ether oxygens (including phenoxy) is 1. The predicted molar refractivity (Wildman–Crippen MR) is 155 cm³/mol. The van der Waals surface area contributed by atoms with E-state index in [2.05, 4.69) is 24.4 Å². The normalized spacial score (nSPS) is 23.7. The fraction of sp³-hybridized carbons (Fsp3) is 0.533. The molecule has 2 fully saturated rings. The molecular formula is C30H43N3O5Si. The fourth-order valence-electron chi connectivity index (χ4n) is 6.16. The van der Waals surface area contributed by atoms with Gasteiger partial charge in [0.05, 0.1) is 31.8 Å². The second-order valence-electron chi connectivity index (χ2n) is 11.4. The van der Waals surface area contributed by atoms with E-state index in [0.29, 0.717) is 19.6 Å². The van der Waals surface area contributed by atoms with Gasteiger partial charge in [-0.2, -0.15) is 0 Å². The van der Waals surface area contributed by atoms with E-state index in [1.54, 1.807) is 4.90 Å². The Bertz CT molecular complexity index is 1090. The molecule has 0 radical (unpaired) electrons. The van der Waals surface area contributed by atoms with Gasteiger partial charge >= 0.3 is 0 Å². The summed E-state index contributed by atoms with van der Waals surface area (Å²) in [6, 6.07) is 17.9. The van der Waals surface area contributed by atoms with Crippen LogP contribution in [0.1, 0.15) is 30.9 Å². The first-order valence-corrected chi connectivity index (χ1v) is 17.1. The number of aryl methyl sites for hydroxylation is 1. The van der Waals surface area contributed by atoms with Crippen LogP contribution in [0.25, 0.3) is 0 Å². The second kappa shape index (κ2) is 13.2. The summed E-state index contributed by atoms with van der Waals surface area (Å²) >= 11 is 0. The Balaban J connectivity index is 1.39. The molecule has 2 aromatic rings.